The fraction of sp³-hybridized carbons (Fsp3) is 0.375. The highest BCUT2D eigenvalue weighted by atomic mass is 16.6. The first-order chi connectivity index (χ1) is 12.0. The standard InChI is InChI=1S/C16H17N3O6/c1-11-8-13(25-17-11)10-24-16(20)12-2-3-14(15(9-12)19(21)22)18-4-6-23-7-5-18/h2-3,8-9H,4-7,10H2,1H3. The van der Waals surface area contributed by atoms with Crippen molar-refractivity contribution in [1.29, 1.82) is 0 Å². The van der Waals surface area contributed by atoms with Crippen molar-refractivity contribution in [3.63, 3.8) is 0 Å². The Morgan fingerprint density at radius 3 is 2.76 bits per heavy atom. The summed E-state index contributed by atoms with van der Waals surface area (Å²) in [5, 5.41) is 15.1. The number of hydrogen-bond donors (Lipinski definition) is 0. The van der Waals surface area contributed by atoms with Crippen molar-refractivity contribution in [2.75, 3.05) is 31.2 Å². The Kier molecular flexibility index (Phi) is 4.94. The van der Waals surface area contributed by atoms with Crippen LogP contribution in [0.5, 0.6) is 0 Å². The molecule has 1 aromatic carbocycles. The van der Waals surface area contributed by atoms with Crippen LogP contribution in [0, 0.1) is 17.0 Å². The maximum absolute atomic E-state index is 12.1. The van der Waals surface area contributed by atoms with E-state index >= 15 is 0 Å². The van der Waals surface area contributed by atoms with Gasteiger partial charge in [-0.05, 0) is 19.1 Å². The first-order valence-corrected chi connectivity index (χ1v) is 7.75. The summed E-state index contributed by atoms with van der Waals surface area (Å²) in [6, 6.07) is 5.97. The summed E-state index contributed by atoms with van der Waals surface area (Å²) < 4.78 is 15.3. The smallest absolute Gasteiger partial charge is 0.338 e. The summed E-state index contributed by atoms with van der Waals surface area (Å²) in [7, 11) is 0. The lowest BCUT2D eigenvalue weighted by molar-refractivity contribution is -0.384. The summed E-state index contributed by atoms with van der Waals surface area (Å²) in [6.07, 6.45) is 0. The van der Waals surface area contributed by atoms with Crippen LogP contribution >= 0.6 is 0 Å². The van der Waals surface area contributed by atoms with Crippen molar-refractivity contribution in [3.05, 3.63) is 51.4 Å². The molecule has 1 aliphatic heterocycles. The second-order valence-corrected chi connectivity index (χ2v) is 5.57. The largest absolute Gasteiger partial charge is 0.454 e. The van der Waals surface area contributed by atoms with E-state index in [1.807, 2.05) is 4.90 Å². The van der Waals surface area contributed by atoms with Crippen LogP contribution in [0.1, 0.15) is 21.8 Å². The summed E-state index contributed by atoms with van der Waals surface area (Å²) >= 11 is 0. The van der Waals surface area contributed by atoms with Gasteiger partial charge < -0.3 is 18.9 Å². The zero-order chi connectivity index (χ0) is 17.8. The number of benzene rings is 1. The monoisotopic (exact) mass is 347 g/mol. The van der Waals surface area contributed by atoms with E-state index in [9.17, 15) is 14.9 Å². The molecule has 2 aromatic rings. The van der Waals surface area contributed by atoms with Crippen LogP contribution in [0.15, 0.2) is 28.8 Å². The van der Waals surface area contributed by atoms with Gasteiger partial charge in [0.2, 0.25) is 0 Å². The minimum Gasteiger partial charge on any atom is -0.454 e. The van der Waals surface area contributed by atoms with Crippen molar-refractivity contribution in [3.8, 4) is 0 Å². The Balaban J connectivity index is 1.76. The number of esters is 1. The number of anilines is 1. The van der Waals surface area contributed by atoms with Crippen LogP contribution in [-0.2, 0) is 16.1 Å². The topological polar surface area (TPSA) is 108 Å². The van der Waals surface area contributed by atoms with E-state index in [-0.39, 0.29) is 17.9 Å². The van der Waals surface area contributed by atoms with Gasteiger partial charge in [0.25, 0.3) is 5.69 Å². The number of carbonyl (C=O) groups is 1. The van der Waals surface area contributed by atoms with Crippen LogP contribution in [0.3, 0.4) is 0 Å². The minimum absolute atomic E-state index is 0.0846. The lowest BCUT2D eigenvalue weighted by Gasteiger charge is -2.28. The fourth-order valence-electron chi connectivity index (χ4n) is 2.57. The highest BCUT2D eigenvalue weighted by molar-refractivity contribution is 5.91. The Labute approximate surface area is 143 Å². The molecule has 0 unspecified atom stereocenters. The Morgan fingerprint density at radius 2 is 2.12 bits per heavy atom. The zero-order valence-corrected chi connectivity index (χ0v) is 13.6. The summed E-state index contributed by atoms with van der Waals surface area (Å²) in [5.74, 6) is -0.254. The van der Waals surface area contributed by atoms with E-state index in [0.717, 1.165) is 0 Å². The lowest BCUT2D eigenvalue weighted by atomic mass is 10.1. The molecular weight excluding hydrogens is 330 g/mol. The van der Waals surface area contributed by atoms with E-state index < -0.39 is 10.9 Å². The van der Waals surface area contributed by atoms with Crippen molar-refractivity contribution in [2.45, 2.75) is 13.5 Å². The van der Waals surface area contributed by atoms with Gasteiger partial charge in [-0.15, -0.1) is 0 Å². The summed E-state index contributed by atoms with van der Waals surface area (Å²) in [6.45, 7) is 3.82. The third-order valence-corrected chi connectivity index (χ3v) is 3.78. The molecule has 1 saturated heterocycles. The van der Waals surface area contributed by atoms with Gasteiger partial charge in [-0.1, -0.05) is 5.16 Å². The Hall–Kier alpha value is -2.94. The number of ether oxygens (including phenoxy) is 2. The Morgan fingerprint density at radius 1 is 1.36 bits per heavy atom. The molecule has 132 valence electrons. The third kappa shape index (κ3) is 3.94. The number of nitro groups is 1. The molecule has 9 heteroatoms. The minimum atomic E-state index is -0.661. The highest BCUT2D eigenvalue weighted by Gasteiger charge is 2.23. The number of rotatable bonds is 5. The average molecular weight is 347 g/mol. The number of nitrogens with zero attached hydrogens (tertiary/aromatic N) is 3. The van der Waals surface area contributed by atoms with Gasteiger partial charge in [0.05, 0.1) is 29.4 Å². The first-order valence-electron chi connectivity index (χ1n) is 7.75. The van der Waals surface area contributed by atoms with E-state index in [1.165, 1.54) is 12.1 Å². The molecule has 1 aliphatic rings. The van der Waals surface area contributed by atoms with Gasteiger partial charge in [0, 0.05) is 25.2 Å². The number of aromatic nitrogens is 1. The number of nitro benzene ring substituents is 1. The molecule has 0 N–H and O–H groups in total. The number of aryl methyl sites for hydroxylation is 1. The number of morpholine rings is 1. The molecule has 25 heavy (non-hydrogen) atoms. The van der Waals surface area contributed by atoms with Crippen molar-refractivity contribution < 1.29 is 23.7 Å². The molecule has 9 nitrogen and oxygen atoms in total. The quantitative estimate of drug-likeness (QED) is 0.459. The SMILES string of the molecule is Cc1cc(COC(=O)c2ccc(N3CCOCC3)c([N+](=O)[O-])c2)on1. The van der Waals surface area contributed by atoms with Crippen LogP contribution in [0.25, 0.3) is 0 Å². The molecule has 3 rings (SSSR count). The lowest BCUT2D eigenvalue weighted by Crippen LogP contribution is -2.36. The molecule has 1 aromatic heterocycles. The normalized spacial score (nSPS) is 14.4. The van der Waals surface area contributed by atoms with Gasteiger partial charge >= 0.3 is 5.97 Å². The molecule has 1 fully saturated rings. The number of carbonyl (C=O) groups excluding carboxylic acids is 1. The maximum Gasteiger partial charge on any atom is 0.338 e. The van der Waals surface area contributed by atoms with E-state index in [0.29, 0.717) is 43.4 Å². The molecular formula is C16H17N3O6. The first kappa shape index (κ1) is 16.9. The summed E-state index contributed by atoms with van der Waals surface area (Å²) in [5.41, 5.74) is 1.12. The summed E-state index contributed by atoms with van der Waals surface area (Å²) in [4.78, 5) is 24.9. The van der Waals surface area contributed by atoms with E-state index in [2.05, 4.69) is 5.16 Å². The molecule has 0 aliphatic carbocycles. The van der Waals surface area contributed by atoms with Gasteiger partial charge in [0.15, 0.2) is 12.4 Å². The molecule has 0 saturated carbocycles. The predicted octanol–water partition coefficient (Wildman–Crippen LogP) is 2.08. The molecule has 2 heterocycles. The molecule has 0 atom stereocenters. The molecule has 0 amide bonds. The fourth-order valence-corrected chi connectivity index (χ4v) is 2.57. The van der Waals surface area contributed by atoms with Crippen molar-refractivity contribution in [2.24, 2.45) is 0 Å². The molecule has 0 bridgehead atoms. The Bertz CT molecular complexity index is 782. The van der Waals surface area contributed by atoms with Gasteiger partial charge in [-0.3, -0.25) is 10.1 Å². The second kappa shape index (κ2) is 7.31. The van der Waals surface area contributed by atoms with Crippen LogP contribution in [0.2, 0.25) is 0 Å². The molecule has 0 spiro atoms. The van der Waals surface area contributed by atoms with Crippen LogP contribution in [-0.4, -0.2) is 42.4 Å². The second-order valence-electron chi connectivity index (χ2n) is 5.57. The zero-order valence-electron chi connectivity index (χ0n) is 13.6. The molecule has 0 radical (unpaired) electrons. The van der Waals surface area contributed by atoms with Crippen LogP contribution < -0.4 is 4.90 Å². The number of hydrogen-bond acceptors (Lipinski definition) is 8. The average Bonchev–Trinajstić information content (AvgIpc) is 3.05. The highest BCUT2D eigenvalue weighted by Crippen LogP contribution is 2.30. The third-order valence-electron chi connectivity index (χ3n) is 3.78. The van der Waals surface area contributed by atoms with Gasteiger partial charge in [0.1, 0.15) is 5.69 Å². The van der Waals surface area contributed by atoms with Crippen molar-refractivity contribution in [1.82, 2.24) is 5.16 Å². The van der Waals surface area contributed by atoms with Crippen molar-refractivity contribution >= 4 is 17.3 Å². The van der Waals surface area contributed by atoms with Gasteiger partial charge in [-0.25, -0.2) is 4.79 Å². The van der Waals surface area contributed by atoms with Crippen LogP contribution in [0.4, 0.5) is 11.4 Å². The maximum atomic E-state index is 12.1. The van der Waals surface area contributed by atoms with E-state index in [1.54, 1.807) is 19.1 Å². The van der Waals surface area contributed by atoms with Gasteiger partial charge in [-0.2, -0.15) is 0 Å². The predicted molar refractivity (Wildman–Crippen MR) is 86.5 cm³/mol. The van der Waals surface area contributed by atoms with E-state index in [4.69, 9.17) is 14.0 Å².